The maximum absolute atomic E-state index is 12.1. The maximum Gasteiger partial charge on any atom is 0.224 e. The highest BCUT2D eigenvalue weighted by molar-refractivity contribution is 7.88. The number of piperazine rings is 1. The minimum absolute atomic E-state index is 0.0574. The molecule has 1 rings (SSSR count). The fourth-order valence-electron chi connectivity index (χ4n) is 2.25. The molecule has 0 aromatic carbocycles. The zero-order valence-corrected chi connectivity index (χ0v) is 13.8. The summed E-state index contributed by atoms with van der Waals surface area (Å²) in [6.45, 7) is 6.63. The van der Waals surface area contributed by atoms with E-state index in [-0.39, 0.29) is 24.8 Å². The lowest BCUT2D eigenvalue weighted by Gasteiger charge is -2.33. The molecule has 0 atom stereocenters. The SMILES string of the molecule is CC(C)CN(CCC(=O)N1CCN(C=O)CC1)S(C)(=O)=O. The third-order valence-corrected chi connectivity index (χ3v) is 4.70. The molecule has 0 saturated carbocycles. The zero-order valence-electron chi connectivity index (χ0n) is 13.0. The lowest BCUT2D eigenvalue weighted by molar-refractivity contribution is -0.135. The van der Waals surface area contributed by atoms with Crippen molar-refractivity contribution in [3.8, 4) is 0 Å². The molecule has 0 aliphatic carbocycles. The van der Waals surface area contributed by atoms with Crippen molar-refractivity contribution in [1.29, 1.82) is 0 Å². The highest BCUT2D eigenvalue weighted by Crippen LogP contribution is 2.08. The highest BCUT2D eigenvalue weighted by atomic mass is 32.2. The summed E-state index contributed by atoms with van der Waals surface area (Å²) in [6, 6.07) is 0. The average molecular weight is 319 g/mol. The second-order valence-electron chi connectivity index (χ2n) is 5.79. The first-order valence-corrected chi connectivity index (χ1v) is 9.01. The van der Waals surface area contributed by atoms with Crippen LogP contribution in [0.5, 0.6) is 0 Å². The number of amides is 2. The molecule has 1 fully saturated rings. The van der Waals surface area contributed by atoms with Gasteiger partial charge in [-0.15, -0.1) is 0 Å². The third-order valence-electron chi connectivity index (χ3n) is 3.43. The first-order valence-electron chi connectivity index (χ1n) is 7.16. The molecule has 1 heterocycles. The number of hydrogen-bond acceptors (Lipinski definition) is 4. The van der Waals surface area contributed by atoms with E-state index in [0.717, 1.165) is 6.41 Å². The summed E-state index contributed by atoms with van der Waals surface area (Å²) in [6.07, 6.45) is 2.14. The van der Waals surface area contributed by atoms with E-state index in [1.807, 2.05) is 13.8 Å². The largest absolute Gasteiger partial charge is 0.342 e. The summed E-state index contributed by atoms with van der Waals surface area (Å²) in [5.41, 5.74) is 0. The second-order valence-corrected chi connectivity index (χ2v) is 7.77. The molecule has 0 bridgehead atoms. The number of hydrogen-bond donors (Lipinski definition) is 0. The van der Waals surface area contributed by atoms with Gasteiger partial charge in [-0.2, -0.15) is 0 Å². The minimum Gasteiger partial charge on any atom is -0.342 e. The standard InChI is InChI=1S/C13H25N3O4S/c1-12(2)10-16(21(3,19)20)5-4-13(18)15-8-6-14(11-17)7-9-15/h11-12H,4-10H2,1-3H3. The van der Waals surface area contributed by atoms with Crippen LogP contribution in [0.4, 0.5) is 0 Å². The molecule has 0 aromatic heterocycles. The quantitative estimate of drug-likeness (QED) is 0.598. The van der Waals surface area contributed by atoms with Crippen LogP contribution in [0.2, 0.25) is 0 Å². The third kappa shape index (κ3) is 6.01. The lowest BCUT2D eigenvalue weighted by Crippen LogP contribution is -2.48. The van der Waals surface area contributed by atoms with Gasteiger partial charge in [-0.1, -0.05) is 13.8 Å². The fraction of sp³-hybridized carbons (Fsp3) is 0.846. The van der Waals surface area contributed by atoms with Crippen LogP contribution in [0, 0.1) is 5.92 Å². The predicted octanol–water partition coefficient (Wildman–Crippen LogP) is -0.405. The molecule has 7 nitrogen and oxygen atoms in total. The summed E-state index contributed by atoms with van der Waals surface area (Å²) in [5, 5.41) is 0. The van der Waals surface area contributed by atoms with E-state index in [9.17, 15) is 18.0 Å². The zero-order chi connectivity index (χ0) is 16.0. The van der Waals surface area contributed by atoms with Gasteiger partial charge in [0.2, 0.25) is 22.3 Å². The van der Waals surface area contributed by atoms with Crippen LogP contribution in [0.25, 0.3) is 0 Å². The van der Waals surface area contributed by atoms with Gasteiger partial charge in [-0.05, 0) is 5.92 Å². The summed E-state index contributed by atoms with van der Waals surface area (Å²) >= 11 is 0. The molecule has 2 amide bonds. The van der Waals surface area contributed by atoms with Crippen molar-refractivity contribution in [3.05, 3.63) is 0 Å². The Balaban J connectivity index is 2.48. The molecule has 8 heteroatoms. The Kier molecular flexibility index (Phi) is 6.60. The van der Waals surface area contributed by atoms with E-state index in [1.54, 1.807) is 9.80 Å². The Morgan fingerprint density at radius 3 is 2.24 bits per heavy atom. The molecular weight excluding hydrogens is 294 g/mol. The molecule has 21 heavy (non-hydrogen) atoms. The molecule has 0 spiro atoms. The van der Waals surface area contributed by atoms with E-state index >= 15 is 0 Å². The maximum atomic E-state index is 12.1. The molecule has 0 unspecified atom stereocenters. The Labute approximate surface area is 126 Å². The van der Waals surface area contributed by atoms with Crippen LogP contribution in [-0.4, -0.2) is 80.4 Å². The van der Waals surface area contributed by atoms with Crippen molar-refractivity contribution in [2.24, 2.45) is 5.92 Å². The van der Waals surface area contributed by atoms with Gasteiger partial charge in [0.1, 0.15) is 0 Å². The van der Waals surface area contributed by atoms with Crippen molar-refractivity contribution < 1.29 is 18.0 Å². The first-order chi connectivity index (χ1) is 9.74. The average Bonchev–Trinajstić information content (AvgIpc) is 2.41. The van der Waals surface area contributed by atoms with Gasteiger partial charge in [0, 0.05) is 45.7 Å². The number of nitrogens with zero attached hydrogens (tertiary/aromatic N) is 3. The Bertz CT molecular complexity index is 456. The predicted molar refractivity (Wildman–Crippen MR) is 80.1 cm³/mol. The smallest absolute Gasteiger partial charge is 0.224 e. The van der Waals surface area contributed by atoms with E-state index in [2.05, 4.69) is 0 Å². The van der Waals surface area contributed by atoms with Gasteiger partial charge < -0.3 is 9.80 Å². The molecule has 1 saturated heterocycles. The topological polar surface area (TPSA) is 78.0 Å². The summed E-state index contributed by atoms with van der Waals surface area (Å²) in [5.74, 6) is 0.156. The second kappa shape index (κ2) is 7.74. The van der Waals surface area contributed by atoms with Gasteiger partial charge in [-0.25, -0.2) is 12.7 Å². The Morgan fingerprint density at radius 2 is 1.81 bits per heavy atom. The van der Waals surface area contributed by atoms with Gasteiger partial charge in [-0.3, -0.25) is 9.59 Å². The minimum atomic E-state index is -3.29. The normalized spacial score (nSPS) is 16.6. The Hall–Kier alpha value is -1.15. The van der Waals surface area contributed by atoms with Gasteiger partial charge in [0.15, 0.2) is 0 Å². The van der Waals surface area contributed by atoms with E-state index < -0.39 is 10.0 Å². The number of carbonyl (C=O) groups excluding carboxylic acids is 2. The molecule has 122 valence electrons. The number of sulfonamides is 1. The number of carbonyl (C=O) groups is 2. The van der Waals surface area contributed by atoms with Crippen LogP contribution in [0.1, 0.15) is 20.3 Å². The van der Waals surface area contributed by atoms with Crippen molar-refractivity contribution in [1.82, 2.24) is 14.1 Å². The van der Waals surface area contributed by atoms with Gasteiger partial charge >= 0.3 is 0 Å². The van der Waals surface area contributed by atoms with Crippen LogP contribution < -0.4 is 0 Å². The van der Waals surface area contributed by atoms with Crippen LogP contribution >= 0.6 is 0 Å². The van der Waals surface area contributed by atoms with Crippen LogP contribution in [-0.2, 0) is 19.6 Å². The van der Waals surface area contributed by atoms with Crippen molar-refractivity contribution in [2.75, 3.05) is 45.5 Å². The molecule has 0 aromatic rings. The summed E-state index contributed by atoms with van der Waals surface area (Å²) in [4.78, 5) is 26.0. The fourth-order valence-corrected chi connectivity index (χ4v) is 3.25. The van der Waals surface area contributed by atoms with E-state index in [4.69, 9.17) is 0 Å². The summed E-state index contributed by atoms with van der Waals surface area (Å²) in [7, 11) is -3.29. The van der Waals surface area contributed by atoms with Crippen LogP contribution in [0.3, 0.4) is 0 Å². The molecule has 1 aliphatic rings. The lowest BCUT2D eigenvalue weighted by atomic mass is 10.2. The van der Waals surface area contributed by atoms with Crippen molar-refractivity contribution in [3.63, 3.8) is 0 Å². The molecule has 0 N–H and O–H groups in total. The monoisotopic (exact) mass is 319 g/mol. The highest BCUT2D eigenvalue weighted by Gasteiger charge is 2.23. The van der Waals surface area contributed by atoms with E-state index in [0.29, 0.717) is 32.7 Å². The van der Waals surface area contributed by atoms with Gasteiger partial charge in [0.05, 0.1) is 6.26 Å². The van der Waals surface area contributed by atoms with E-state index in [1.165, 1.54) is 10.6 Å². The first kappa shape index (κ1) is 17.9. The molecular formula is C13H25N3O4S. The van der Waals surface area contributed by atoms with Crippen molar-refractivity contribution in [2.45, 2.75) is 20.3 Å². The van der Waals surface area contributed by atoms with Gasteiger partial charge in [0.25, 0.3) is 0 Å². The Morgan fingerprint density at radius 1 is 1.24 bits per heavy atom. The molecule has 1 aliphatic heterocycles. The van der Waals surface area contributed by atoms with Crippen LogP contribution in [0.15, 0.2) is 0 Å². The summed E-state index contributed by atoms with van der Waals surface area (Å²) < 4.78 is 24.7. The molecule has 0 radical (unpaired) electrons. The van der Waals surface area contributed by atoms with Crippen molar-refractivity contribution >= 4 is 22.3 Å². The number of rotatable bonds is 7.